The molecule has 0 unspecified atom stereocenters. The summed E-state index contributed by atoms with van der Waals surface area (Å²) in [5.74, 6) is 1.08. The average molecular weight is 311 g/mol. The molecule has 22 heavy (non-hydrogen) atoms. The number of rotatable bonds is 4. The fourth-order valence-electron chi connectivity index (χ4n) is 1.96. The summed E-state index contributed by atoms with van der Waals surface area (Å²) in [5.41, 5.74) is 1.47. The molecule has 0 aliphatic carbocycles. The Morgan fingerprint density at radius 2 is 2.09 bits per heavy atom. The highest BCUT2D eigenvalue weighted by molar-refractivity contribution is 6.30. The van der Waals surface area contributed by atoms with Crippen LogP contribution in [0.2, 0.25) is 5.02 Å². The van der Waals surface area contributed by atoms with Gasteiger partial charge in [0.1, 0.15) is 6.61 Å². The molecule has 0 saturated carbocycles. The van der Waals surface area contributed by atoms with Gasteiger partial charge < -0.3 is 4.74 Å². The fourth-order valence-corrected chi connectivity index (χ4v) is 2.17. The van der Waals surface area contributed by atoms with Gasteiger partial charge in [-0.05, 0) is 23.8 Å². The van der Waals surface area contributed by atoms with Crippen LogP contribution in [-0.4, -0.2) is 14.8 Å². The van der Waals surface area contributed by atoms with E-state index in [1.165, 1.54) is 0 Å². The lowest BCUT2D eigenvalue weighted by Crippen LogP contribution is -2.05. The third kappa shape index (κ3) is 3.08. The Morgan fingerprint density at radius 1 is 1.18 bits per heavy atom. The second-order valence-corrected chi connectivity index (χ2v) is 4.95. The van der Waals surface area contributed by atoms with Crippen molar-refractivity contribution in [2.45, 2.75) is 6.61 Å². The lowest BCUT2D eigenvalue weighted by Gasteiger charge is -2.09. The van der Waals surface area contributed by atoms with Crippen molar-refractivity contribution in [3.05, 3.63) is 71.0 Å². The molecule has 6 heteroatoms. The van der Waals surface area contributed by atoms with E-state index >= 15 is 0 Å². The average Bonchev–Trinajstić information content (AvgIpc) is 3.01. The van der Waals surface area contributed by atoms with Crippen LogP contribution in [0.4, 0.5) is 0 Å². The second kappa shape index (κ2) is 6.29. The Morgan fingerprint density at radius 3 is 2.91 bits per heavy atom. The highest BCUT2D eigenvalue weighted by atomic mass is 35.5. The van der Waals surface area contributed by atoms with Crippen molar-refractivity contribution in [3.63, 3.8) is 0 Å². The van der Waals surface area contributed by atoms with E-state index in [9.17, 15) is 0 Å². The summed E-state index contributed by atoms with van der Waals surface area (Å²) in [7, 11) is 0. The van der Waals surface area contributed by atoms with Crippen molar-refractivity contribution in [2.75, 3.05) is 0 Å². The number of hydrogen-bond donors (Lipinski definition) is 0. The number of nitriles is 1. The molecule has 108 valence electrons. The number of halogens is 1. The molecule has 0 amide bonds. The standard InChI is InChI=1S/C16H11ClN4O/c17-14-3-1-2-13(8-14)11-22-16-5-7-20-21(16)15-9-12(10-18)4-6-19-15/h1-9H,11H2. The van der Waals surface area contributed by atoms with E-state index in [0.29, 0.717) is 28.9 Å². The molecule has 0 N–H and O–H groups in total. The first-order valence-electron chi connectivity index (χ1n) is 6.54. The minimum atomic E-state index is 0.365. The second-order valence-electron chi connectivity index (χ2n) is 4.51. The Kier molecular flexibility index (Phi) is 4.03. The molecule has 0 aliphatic heterocycles. The van der Waals surface area contributed by atoms with Gasteiger partial charge in [0.25, 0.3) is 0 Å². The van der Waals surface area contributed by atoms with Gasteiger partial charge in [-0.1, -0.05) is 23.7 Å². The van der Waals surface area contributed by atoms with Gasteiger partial charge in [0.2, 0.25) is 5.88 Å². The largest absolute Gasteiger partial charge is 0.473 e. The lowest BCUT2D eigenvalue weighted by atomic mass is 10.2. The van der Waals surface area contributed by atoms with Crippen LogP contribution in [0.15, 0.2) is 54.9 Å². The van der Waals surface area contributed by atoms with E-state index in [2.05, 4.69) is 16.2 Å². The number of pyridine rings is 1. The molecule has 1 aromatic carbocycles. The van der Waals surface area contributed by atoms with Crippen molar-refractivity contribution in [1.82, 2.24) is 14.8 Å². The van der Waals surface area contributed by atoms with Crippen LogP contribution < -0.4 is 4.74 Å². The smallest absolute Gasteiger partial charge is 0.218 e. The highest BCUT2D eigenvalue weighted by Gasteiger charge is 2.08. The summed E-state index contributed by atoms with van der Waals surface area (Å²) in [6.45, 7) is 0.365. The third-order valence-electron chi connectivity index (χ3n) is 2.98. The highest BCUT2D eigenvalue weighted by Crippen LogP contribution is 2.18. The summed E-state index contributed by atoms with van der Waals surface area (Å²) >= 11 is 5.95. The van der Waals surface area contributed by atoms with Gasteiger partial charge in [0.05, 0.1) is 17.8 Å². The predicted molar refractivity (Wildman–Crippen MR) is 81.9 cm³/mol. The van der Waals surface area contributed by atoms with E-state index in [4.69, 9.17) is 21.6 Å². The first kappa shape index (κ1) is 14.1. The first-order chi connectivity index (χ1) is 10.8. The molecule has 0 bridgehead atoms. The van der Waals surface area contributed by atoms with Crippen LogP contribution in [0.1, 0.15) is 11.1 Å². The van der Waals surface area contributed by atoms with Crippen LogP contribution in [0.3, 0.4) is 0 Å². The maximum atomic E-state index is 8.96. The van der Waals surface area contributed by atoms with Crippen LogP contribution in [0.5, 0.6) is 5.88 Å². The van der Waals surface area contributed by atoms with Gasteiger partial charge in [-0.2, -0.15) is 15.0 Å². The molecule has 3 rings (SSSR count). The number of benzene rings is 1. The molecule has 2 heterocycles. The van der Waals surface area contributed by atoms with Gasteiger partial charge in [-0.3, -0.25) is 0 Å². The molecule has 0 atom stereocenters. The monoisotopic (exact) mass is 310 g/mol. The van der Waals surface area contributed by atoms with Crippen molar-refractivity contribution in [3.8, 4) is 17.8 Å². The number of nitrogens with zero attached hydrogens (tertiary/aromatic N) is 4. The molecule has 2 aromatic heterocycles. The molecule has 3 aromatic rings. The third-order valence-corrected chi connectivity index (χ3v) is 3.21. The van der Waals surface area contributed by atoms with Crippen LogP contribution in [0.25, 0.3) is 5.82 Å². The Bertz CT molecular complexity index is 838. The summed E-state index contributed by atoms with van der Waals surface area (Å²) in [4.78, 5) is 4.21. The van der Waals surface area contributed by atoms with Crippen LogP contribution in [-0.2, 0) is 6.61 Å². The van der Waals surface area contributed by atoms with E-state index < -0.39 is 0 Å². The van der Waals surface area contributed by atoms with E-state index in [0.717, 1.165) is 5.56 Å². The molecular weight excluding hydrogens is 300 g/mol. The van der Waals surface area contributed by atoms with Gasteiger partial charge in [-0.15, -0.1) is 0 Å². The predicted octanol–water partition coefficient (Wildman–Crippen LogP) is 3.37. The first-order valence-corrected chi connectivity index (χ1v) is 6.92. The van der Waals surface area contributed by atoms with E-state index in [1.54, 1.807) is 35.3 Å². The zero-order chi connectivity index (χ0) is 15.4. The normalized spacial score (nSPS) is 10.2. The Hall–Kier alpha value is -2.84. The number of aromatic nitrogens is 3. The van der Waals surface area contributed by atoms with Gasteiger partial charge >= 0.3 is 0 Å². The maximum absolute atomic E-state index is 8.96. The Balaban J connectivity index is 1.82. The number of ether oxygens (including phenoxy) is 1. The quantitative estimate of drug-likeness (QED) is 0.741. The summed E-state index contributed by atoms with van der Waals surface area (Å²) < 4.78 is 7.31. The SMILES string of the molecule is N#Cc1ccnc(-n2nccc2OCc2cccc(Cl)c2)c1. The van der Waals surface area contributed by atoms with Gasteiger partial charge in [0.15, 0.2) is 5.82 Å². The zero-order valence-corrected chi connectivity index (χ0v) is 12.2. The Labute approximate surface area is 132 Å². The molecule has 0 fully saturated rings. The molecular formula is C16H11ClN4O. The maximum Gasteiger partial charge on any atom is 0.218 e. The van der Waals surface area contributed by atoms with Crippen molar-refractivity contribution in [2.24, 2.45) is 0 Å². The minimum Gasteiger partial charge on any atom is -0.473 e. The van der Waals surface area contributed by atoms with Crippen molar-refractivity contribution < 1.29 is 4.74 Å². The molecule has 0 radical (unpaired) electrons. The summed E-state index contributed by atoms with van der Waals surface area (Å²) in [6, 6.07) is 14.6. The lowest BCUT2D eigenvalue weighted by molar-refractivity contribution is 0.284. The van der Waals surface area contributed by atoms with Gasteiger partial charge in [-0.25, -0.2) is 4.98 Å². The van der Waals surface area contributed by atoms with Crippen molar-refractivity contribution >= 4 is 11.6 Å². The summed E-state index contributed by atoms with van der Waals surface area (Å²) in [5, 5.41) is 13.8. The molecule has 0 saturated heterocycles. The molecule has 0 aliphatic rings. The summed E-state index contributed by atoms with van der Waals surface area (Å²) in [6.07, 6.45) is 3.18. The number of hydrogen-bond acceptors (Lipinski definition) is 4. The van der Waals surface area contributed by atoms with Gasteiger partial charge in [0, 0.05) is 23.4 Å². The molecule has 5 nitrogen and oxygen atoms in total. The van der Waals surface area contributed by atoms with Crippen molar-refractivity contribution in [1.29, 1.82) is 5.26 Å². The van der Waals surface area contributed by atoms with E-state index in [-0.39, 0.29) is 0 Å². The zero-order valence-electron chi connectivity index (χ0n) is 11.5. The minimum absolute atomic E-state index is 0.365. The van der Waals surface area contributed by atoms with Crippen LogP contribution in [0, 0.1) is 11.3 Å². The van der Waals surface area contributed by atoms with E-state index in [1.807, 2.05) is 24.3 Å². The topological polar surface area (TPSA) is 63.7 Å². The van der Waals surface area contributed by atoms with Crippen LogP contribution >= 0.6 is 11.6 Å². The molecule has 0 spiro atoms. The fraction of sp³-hybridized carbons (Fsp3) is 0.0625.